The van der Waals surface area contributed by atoms with Gasteiger partial charge in [0.25, 0.3) is 0 Å². The smallest absolute Gasteiger partial charge is 0.193 e. The number of thioether (sulfide) groups is 1. The number of piperidine rings is 1. The second-order valence-corrected chi connectivity index (χ2v) is 8.72. The lowest BCUT2D eigenvalue weighted by atomic mass is 9.94. The van der Waals surface area contributed by atoms with Gasteiger partial charge in [-0.05, 0) is 58.2 Å². The molecule has 2 aliphatic rings. The van der Waals surface area contributed by atoms with Gasteiger partial charge in [0.15, 0.2) is 5.96 Å². The molecule has 0 bridgehead atoms. The predicted octanol–water partition coefficient (Wildman–Crippen LogP) is 3.38. The quantitative estimate of drug-likeness (QED) is 0.381. The van der Waals surface area contributed by atoms with Crippen molar-refractivity contribution in [2.75, 3.05) is 52.1 Å². The van der Waals surface area contributed by atoms with Crippen molar-refractivity contribution in [3.63, 3.8) is 0 Å². The number of hydrogen-bond donors (Lipinski definition) is 1. The third-order valence-electron chi connectivity index (χ3n) is 5.11. The van der Waals surface area contributed by atoms with E-state index in [0.717, 1.165) is 49.2 Å². The van der Waals surface area contributed by atoms with E-state index in [0.29, 0.717) is 0 Å². The summed E-state index contributed by atoms with van der Waals surface area (Å²) in [6.07, 6.45) is 3.94. The summed E-state index contributed by atoms with van der Waals surface area (Å²) in [4.78, 5) is 9.88. The summed E-state index contributed by atoms with van der Waals surface area (Å²) in [5, 5.41) is 4.25. The molecular weight excluding hydrogens is 431 g/mol. The molecule has 2 rings (SSSR count). The second kappa shape index (κ2) is 11.8. The molecule has 0 saturated carbocycles. The Hall–Kier alpha value is 0.310. The fraction of sp³-hybridized carbons (Fsp3) is 0.944. The van der Waals surface area contributed by atoms with Crippen LogP contribution in [0.5, 0.6) is 0 Å². The van der Waals surface area contributed by atoms with Crippen LogP contribution in [0.4, 0.5) is 0 Å². The third kappa shape index (κ3) is 7.28. The minimum Gasteiger partial charge on any atom is -0.357 e. The predicted molar refractivity (Wildman–Crippen MR) is 119 cm³/mol. The van der Waals surface area contributed by atoms with Crippen LogP contribution < -0.4 is 5.32 Å². The molecule has 1 atom stereocenters. The number of rotatable bonds is 5. The zero-order valence-corrected chi connectivity index (χ0v) is 19.1. The van der Waals surface area contributed by atoms with Gasteiger partial charge in [0.05, 0.1) is 0 Å². The Morgan fingerprint density at radius 3 is 2.58 bits per heavy atom. The van der Waals surface area contributed by atoms with E-state index in [-0.39, 0.29) is 24.0 Å². The SMILES string of the molecule is CCNC(=NCCC1CCN(C)CC1)N1CCSC(C(C)C)C1.I. The van der Waals surface area contributed by atoms with E-state index in [1.54, 1.807) is 0 Å². The number of aliphatic imine (C=N–C) groups is 1. The van der Waals surface area contributed by atoms with E-state index in [2.05, 4.69) is 54.7 Å². The average molecular weight is 468 g/mol. The van der Waals surface area contributed by atoms with Crippen LogP contribution in [-0.4, -0.2) is 73.1 Å². The summed E-state index contributed by atoms with van der Waals surface area (Å²) in [5.74, 6) is 3.98. The lowest BCUT2D eigenvalue weighted by molar-refractivity contribution is 0.214. The molecule has 2 heterocycles. The van der Waals surface area contributed by atoms with Gasteiger partial charge in [0.1, 0.15) is 0 Å². The fourth-order valence-corrected chi connectivity index (χ4v) is 4.70. The molecule has 0 aliphatic carbocycles. The highest BCUT2D eigenvalue weighted by molar-refractivity contribution is 14.0. The van der Waals surface area contributed by atoms with E-state index < -0.39 is 0 Å². The molecule has 1 N–H and O–H groups in total. The summed E-state index contributed by atoms with van der Waals surface area (Å²) in [6, 6.07) is 0. The molecule has 0 aromatic heterocycles. The normalized spacial score (nSPS) is 24.1. The molecule has 4 nitrogen and oxygen atoms in total. The molecule has 6 heteroatoms. The largest absolute Gasteiger partial charge is 0.357 e. The Morgan fingerprint density at radius 2 is 1.96 bits per heavy atom. The van der Waals surface area contributed by atoms with Gasteiger partial charge in [0.2, 0.25) is 0 Å². The average Bonchev–Trinajstić information content (AvgIpc) is 2.56. The number of guanidine groups is 1. The van der Waals surface area contributed by atoms with Gasteiger partial charge in [-0.25, -0.2) is 0 Å². The van der Waals surface area contributed by atoms with Crippen LogP contribution in [0.15, 0.2) is 4.99 Å². The Balaban J connectivity index is 0.00000288. The van der Waals surface area contributed by atoms with E-state index >= 15 is 0 Å². The lowest BCUT2D eigenvalue weighted by Crippen LogP contribution is -2.49. The van der Waals surface area contributed by atoms with Gasteiger partial charge in [-0.3, -0.25) is 4.99 Å². The number of likely N-dealkylation sites (tertiary alicyclic amines) is 1. The van der Waals surface area contributed by atoms with Crippen LogP contribution in [-0.2, 0) is 0 Å². The summed E-state index contributed by atoms with van der Waals surface area (Å²) in [6.45, 7) is 13.6. The highest BCUT2D eigenvalue weighted by Crippen LogP contribution is 2.25. The fourth-order valence-electron chi connectivity index (χ4n) is 3.40. The monoisotopic (exact) mass is 468 g/mol. The van der Waals surface area contributed by atoms with Crippen molar-refractivity contribution < 1.29 is 0 Å². The molecule has 142 valence electrons. The maximum atomic E-state index is 4.95. The van der Waals surface area contributed by atoms with Gasteiger partial charge in [-0.1, -0.05) is 13.8 Å². The molecule has 0 aromatic carbocycles. The van der Waals surface area contributed by atoms with E-state index in [4.69, 9.17) is 4.99 Å². The van der Waals surface area contributed by atoms with Crippen molar-refractivity contribution in [2.24, 2.45) is 16.8 Å². The van der Waals surface area contributed by atoms with Gasteiger partial charge in [-0.15, -0.1) is 24.0 Å². The molecule has 0 aromatic rings. The van der Waals surface area contributed by atoms with Crippen LogP contribution in [0.3, 0.4) is 0 Å². The van der Waals surface area contributed by atoms with Crippen molar-refractivity contribution >= 4 is 41.7 Å². The first-order valence-electron chi connectivity index (χ1n) is 9.43. The molecule has 1 unspecified atom stereocenters. The Labute approximate surface area is 170 Å². The molecule has 0 spiro atoms. The topological polar surface area (TPSA) is 30.9 Å². The first-order chi connectivity index (χ1) is 11.1. The van der Waals surface area contributed by atoms with Crippen LogP contribution in [0.25, 0.3) is 0 Å². The third-order valence-corrected chi connectivity index (χ3v) is 6.65. The number of nitrogens with one attached hydrogen (secondary N) is 1. The van der Waals surface area contributed by atoms with Crippen LogP contribution >= 0.6 is 35.7 Å². The van der Waals surface area contributed by atoms with Crippen molar-refractivity contribution in [1.29, 1.82) is 0 Å². The van der Waals surface area contributed by atoms with Crippen molar-refractivity contribution in [3.05, 3.63) is 0 Å². The van der Waals surface area contributed by atoms with Crippen molar-refractivity contribution in [3.8, 4) is 0 Å². The lowest BCUT2D eigenvalue weighted by Gasteiger charge is -2.36. The van der Waals surface area contributed by atoms with Gasteiger partial charge in [0, 0.05) is 37.2 Å². The molecule has 2 saturated heterocycles. The van der Waals surface area contributed by atoms with Crippen LogP contribution in [0.2, 0.25) is 0 Å². The van der Waals surface area contributed by atoms with Gasteiger partial charge in [-0.2, -0.15) is 11.8 Å². The van der Waals surface area contributed by atoms with E-state index in [1.807, 2.05) is 0 Å². The molecule has 24 heavy (non-hydrogen) atoms. The van der Waals surface area contributed by atoms with E-state index in [1.165, 1.54) is 38.1 Å². The molecule has 2 fully saturated rings. The first kappa shape index (κ1) is 22.4. The number of nitrogens with zero attached hydrogens (tertiary/aromatic N) is 3. The maximum absolute atomic E-state index is 4.95. The summed E-state index contributed by atoms with van der Waals surface area (Å²) < 4.78 is 0. The zero-order chi connectivity index (χ0) is 16.7. The summed E-state index contributed by atoms with van der Waals surface area (Å²) in [5.41, 5.74) is 0. The Kier molecular flexibility index (Phi) is 11.0. The molecule has 0 amide bonds. The minimum absolute atomic E-state index is 0. The molecule has 2 aliphatic heterocycles. The number of hydrogen-bond acceptors (Lipinski definition) is 3. The highest BCUT2D eigenvalue weighted by Gasteiger charge is 2.25. The van der Waals surface area contributed by atoms with Crippen LogP contribution in [0, 0.1) is 11.8 Å². The number of halogens is 1. The molecular formula is C18H37IN4S. The Morgan fingerprint density at radius 1 is 1.25 bits per heavy atom. The zero-order valence-electron chi connectivity index (χ0n) is 16.0. The van der Waals surface area contributed by atoms with Crippen molar-refractivity contribution in [1.82, 2.24) is 15.1 Å². The first-order valence-corrected chi connectivity index (χ1v) is 10.5. The van der Waals surface area contributed by atoms with Crippen LogP contribution in [0.1, 0.15) is 40.0 Å². The van der Waals surface area contributed by atoms with Gasteiger partial charge >= 0.3 is 0 Å². The van der Waals surface area contributed by atoms with Gasteiger partial charge < -0.3 is 15.1 Å². The summed E-state index contributed by atoms with van der Waals surface area (Å²) >= 11 is 2.13. The minimum atomic E-state index is 0. The van der Waals surface area contributed by atoms with Crippen molar-refractivity contribution in [2.45, 2.75) is 45.3 Å². The Bertz CT molecular complexity index is 370. The maximum Gasteiger partial charge on any atom is 0.193 e. The highest BCUT2D eigenvalue weighted by atomic mass is 127. The second-order valence-electron chi connectivity index (χ2n) is 7.37. The molecule has 0 radical (unpaired) electrons. The summed E-state index contributed by atoms with van der Waals surface area (Å²) in [7, 11) is 2.23. The van der Waals surface area contributed by atoms with E-state index in [9.17, 15) is 0 Å². The standard InChI is InChI=1S/C18H36N4S.HI/c1-5-19-18(22-12-13-23-17(14-22)15(2)3)20-9-6-16-7-10-21(4)11-8-16;/h15-17H,5-14H2,1-4H3,(H,19,20);1H.